The van der Waals surface area contributed by atoms with Crippen molar-refractivity contribution in [2.45, 2.75) is 44.7 Å². The first-order valence-corrected chi connectivity index (χ1v) is 10.4. The molecule has 0 aliphatic heterocycles. The predicted octanol–water partition coefficient (Wildman–Crippen LogP) is 1.23. The smallest absolute Gasteiger partial charge is 0.328 e. The molecule has 174 valence electrons. The largest absolute Gasteiger partial charge is 0.467 e. The summed E-state index contributed by atoms with van der Waals surface area (Å²) in [5, 5.41) is 2.71. The van der Waals surface area contributed by atoms with Gasteiger partial charge >= 0.3 is 17.9 Å². The lowest BCUT2D eigenvalue weighted by molar-refractivity contribution is -0.145. The maximum Gasteiger partial charge on any atom is 0.328 e. The third-order valence-electron chi connectivity index (χ3n) is 5.33. The van der Waals surface area contributed by atoms with Crippen molar-refractivity contribution in [3.05, 3.63) is 59.2 Å². The summed E-state index contributed by atoms with van der Waals surface area (Å²) >= 11 is 0. The minimum Gasteiger partial charge on any atom is -0.467 e. The Balaban J connectivity index is 1.80. The third kappa shape index (κ3) is 5.75. The molecule has 1 aliphatic rings. The first-order valence-electron chi connectivity index (χ1n) is 10.4. The molecule has 0 saturated heterocycles. The van der Waals surface area contributed by atoms with Gasteiger partial charge in [-0.1, -0.05) is 30.3 Å². The number of hydrogen-bond acceptors (Lipinski definition) is 8. The molecule has 0 saturated carbocycles. The van der Waals surface area contributed by atoms with Crippen LogP contribution in [0.4, 0.5) is 0 Å². The number of rotatable bonds is 7. The summed E-state index contributed by atoms with van der Waals surface area (Å²) in [6, 6.07) is 11.1. The van der Waals surface area contributed by atoms with Gasteiger partial charge < -0.3 is 25.3 Å². The van der Waals surface area contributed by atoms with Crippen molar-refractivity contribution in [3.63, 3.8) is 0 Å². The van der Waals surface area contributed by atoms with Gasteiger partial charge in [-0.15, -0.1) is 0 Å². The number of benzene rings is 2. The molecule has 3 rings (SSSR count). The van der Waals surface area contributed by atoms with Crippen LogP contribution in [0.2, 0.25) is 0 Å². The normalized spacial score (nSPS) is 14.5. The Morgan fingerprint density at radius 2 is 1.55 bits per heavy atom. The van der Waals surface area contributed by atoms with Crippen LogP contribution in [0.15, 0.2) is 42.5 Å². The molecule has 33 heavy (non-hydrogen) atoms. The Bertz CT molecular complexity index is 1070. The SMILES string of the molecule is COC(=O)[C@@H](Cc1ccc(OC(C)=O)c(OC(C)=O)c1)NC(=O)C1(N)Cc2ccccc2C1. The fourth-order valence-corrected chi connectivity index (χ4v) is 3.83. The van der Waals surface area contributed by atoms with E-state index in [-0.39, 0.29) is 17.9 Å². The van der Waals surface area contributed by atoms with E-state index in [2.05, 4.69) is 5.32 Å². The first-order chi connectivity index (χ1) is 15.6. The number of carbonyl (C=O) groups is 4. The van der Waals surface area contributed by atoms with E-state index >= 15 is 0 Å². The van der Waals surface area contributed by atoms with Crippen LogP contribution in [0.1, 0.15) is 30.5 Å². The zero-order valence-electron chi connectivity index (χ0n) is 18.7. The van der Waals surface area contributed by atoms with E-state index in [1.807, 2.05) is 24.3 Å². The van der Waals surface area contributed by atoms with Crippen LogP contribution in [0.25, 0.3) is 0 Å². The quantitative estimate of drug-likeness (QED) is 0.471. The Morgan fingerprint density at radius 1 is 0.970 bits per heavy atom. The van der Waals surface area contributed by atoms with Crippen molar-refractivity contribution in [2.75, 3.05) is 7.11 Å². The van der Waals surface area contributed by atoms with Crippen molar-refractivity contribution in [1.29, 1.82) is 0 Å². The highest BCUT2D eigenvalue weighted by molar-refractivity contribution is 5.92. The van der Waals surface area contributed by atoms with E-state index in [9.17, 15) is 19.2 Å². The Labute approximate surface area is 191 Å². The number of hydrogen-bond donors (Lipinski definition) is 2. The average molecular weight is 454 g/mol. The van der Waals surface area contributed by atoms with Gasteiger partial charge in [0, 0.05) is 20.3 Å². The van der Waals surface area contributed by atoms with Crippen molar-refractivity contribution >= 4 is 23.8 Å². The first kappa shape index (κ1) is 23.9. The third-order valence-corrected chi connectivity index (χ3v) is 5.33. The second kappa shape index (κ2) is 9.83. The van der Waals surface area contributed by atoms with E-state index in [0.29, 0.717) is 18.4 Å². The number of amides is 1. The average Bonchev–Trinajstić information content (AvgIpc) is 3.11. The molecule has 9 nitrogen and oxygen atoms in total. The highest BCUT2D eigenvalue weighted by Gasteiger charge is 2.41. The Hall–Kier alpha value is -3.72. The number of ether oxygens (including phenoxy) is 3. The molecule has 0 spiro atoms. The number of fused-ring (bicyclic) bond motifs is 1. The zero-order valence-corrected chi connectivity index (χ0v) is 18.7. The number of esters is 3. The Morgan fingerprint density at radius 3 is 2.09 bits per heavy atom. The number of carbonyl (C=O) groups excluding carboxylic acids is 4. The number of nitrogens with two attached hydrogens (primary N) is 1. The molecule has 0 unspecified atom stereocenters. The molecule has 0 fully saturated rings. The maximum absolute atomic E-state index is 13.1. The van der Waals surface area contributed by atoms with E-state index in [1.54, 1.807) is 6.07 Å². The molecule has 1 aliphatic carbocycles. The van der Waals surface area contributed by atoms with Crippen LogP contribution >= 0.6 is 0 Å². The van der Waals surface area contributed by atoms with Gasteiger partial charge in [-0.25, -0.2) is 4.79 Å². The van der Waals surface area contributed by atoms with Gasteiger partial charge in [-0.2, -0.15) is 0 Å². The fraction of sp³-hybridized carbons (Fsp3) is 0.333. The predicted molar refractivity (Wildman–Crippen MR) is 117 cm³/mol. The fourth-order valence-electron chi connectivity index (χ4n) is 3.83. The van der Waals surface area contributed by atoms with E-state index in [1.165, 1.54) is 33.1 Å². The van der Waals surface area contributed by atoms with E-state index in [4.69, 9.17) is 19.9 Å². The minimum absolute atomic E-state index is 0.0201. The molecule has 2 aromatic rings. The van der Waals surface area contributed by atoms with Gasteiger partial charge in [0.15, 0.2) is 11.5 Å². The van der Waals surface area contributed by atoms with Crippen molar-refractivity contribution < 1.29 is 33.4 Å². The lowest BCUT2D eigenvalue weighted by Gasteiger charge is -2.26. The van der Waals surface area contributed by atoms with Gasteiger partial charge in [-0.05, 0) is 41.7 Å². The lowest BCUT2D eigenvalue weighted by Crippen LogP contribution is -2.58. The van der Waals surface area contributed by atoms with E-state index < -0.39 is 35.4 Å². The summed E-state index contributed by atoms with van der Waals surface area (Å²) in [4.78, 5) is 48.3. The molecule has 1 atom stereocenters. The van der Waals surface area contributed by atoms with Crippen LogP contribution in [0, 0.1) is 0 Å². The molecular weight excluding hydrogens is 428 g/mol. The summed E-state index contributed by atoms with van der Waals surface area (Å²) in [6.45, 7) is 2.43. The van der Waals surface area contributed by atoms with Crippen LogP contribution in [0.5, 0.6) is 11.5 Å². The second-order valence-corrected chi connectivity index (χ2v) is 8.00. The summed E-state index contributed by atoms with van der Waals surface area (Å²) in [7, 11) is 1.22. The molecule has 2 aromatic carbocycles. The van der Waals surface area contributed by atoms with Crippen LogP contribution in [0.3, 0.4) is 0 Å². The molecule has 0 heterocycles. The van der Waals surface area contributed by atoms with Crippen molar-refractivity contribution in [2.24, 2.45) is 5.73 Å². The molecule has 0 bridgehead atoms. The highest BCUT2D eigenvalue weighted by Crippen LogP contribution is 2.30. The zero-order chi connectivity index (χ0) is 24.2. The van der Waals surface area contributed by atoms with Gasteiger partial charge in [0.05, 0.1) is 7.11 Å². The van der Waals surface area contributed by atoms with Crippen molar-refractivity contribution in [3.8, 4) is 11.5 Å². The van der Waals surface area contributed by atoms with Gasteiger partial charge in [-0.3, -0.25) is 14.4 Å². The molecule has 1 amide bonds. The summed E-state index contributed by atoms with van der Waals surface area (Å²) in [6.07, 6.45) is 0.753. The van der Waals surface area contributed by atoms with Gasteiger partial charge in [0.25, 0.3) is 0 Å². The van der Waals surface area contributed by atoms with Crippen LogP contribution in [-0.2, 0) is 43.2 Å². The topological polar surface area (TPSA) is 134 Å². The summed E-state index contributed by atoms with van der Waals surface area (Å²) in [5.74, 6) is -2.23. The summed E-state index contributed by atoms with van der Waals surface area (Å²) in [5.41, 5.74) is 7.76. The highest BCUT2D eigenvalue weighted by atomic mass is 16.6. The molecule has 9 heteroatoms. The van der Waals surface area contributed by atoms with Gasteiger partial charge in [0.1, 0.15) is 11.6 Å². The standard InChI is InChI=1S/C24H26N2O7/c1-14(27)32-20-9-8-16(11-21(20)33-15(2)28)10-19(22(29)31-3)26-23(30)24(25)12-17-6-4-5-7-18(17)13-24/h4-9,11,19H,10,12-13,25H2,1-3H3,(H,26,30)/t19-/m1/s1. The second-order valence-electron chi connectivity index (χ2n) is 8.00. The minimum atomic E-state index is -1.18. The monoisotopic (exact) mass is 454 g/mol. The van der Waals surface area contributed by atoms with Crippen LogP contribution in [-0.4, -0.2) is 42.5 Å². The molecule has 3 N–H and O–H groups in total. The lowest BCUT2D eigenvalue weighted by atomic mass is 9.95. The summed E-state index contributed by atoms with van der Waals surface area (Å²) < 4.78 is 15.1. The van der Waals surface area contributed by atoms with E-state index in [0.717, 1.165) is 11.1 Å². The number of methoxy groups -OCH3 is 1. The van der Waals surface area contributed by atoms with Crippen LogP contribution < -0.4 is 20.5 Å². The molecular formula is C24H26N2O7. The molecule has 0 aromatic heterocycles. The molecule has 0 radical (unpaired) electrons. The maximum atomic E-state index is 13.1. The van der Waals surface area contributed by atoms with Gasteiger partial charge in [0.2, 0.25) is 5.91 Å². The number of nitrogens with one attached hydrogen (secondary N) is 1. The van der Waals surface area contributed by atoms with Crippen molar-refractivity contribution in [1.82, 2.24) is 5.32 Å². The Kier molecular flexibility index (Phi) is 7.13.